The Hall–Kier alpha value is -1.83. The Morgan fingerprint density at radius 2 is 1.72 bits per heavy atom. The van der Waals surface area contributed by atoms with Crippen molar-refractivity contribution in [3.8, 4) is 0 Å². The third kappa shape index (κ3) is 3.39. The molecule has 0 bridgehead atoms. The highest BCUT2D eigenvalue weighted by molar-refractivity contribution is 5.84. The van der Waals surface area contributed by atoms with E-state index in [-0.39, 0.29) is 17.2 Å². The molecule has 2 aromatic heterocycles. The number of likely N-dealkylation sites (tertiary alicyclic amines) is 1. The minimum Gasteiger partial charge on any atom is -0.307 e. The number of fused-ring (bicyclic) bond motifs is 3. The highest BCUT2D eigenvalue weighted by atomic mass is 19.4. The average Bonchev–Trinajstić information content (AvgIpc) is 3.40. The van der Waals surface area contributed by atoms with Crippen LogP contribution in [0.1, 0.15) is 74.2 Å². The van der Waals surface area contributed by atoms with Crippen molar-refractivity contribution in [3.63, 3.8) is 0 Å². The maximum absolute atomic E-state index is 13.3. The van der Waals surface area contributed by atoms with E-state index in [9.17, 15) is 18.0 Å². The largest absolute Gasteiger partial charge is 0.408 e. The predicted octanol–water partition coefficient (Wildman–Crippen LogP) is 4.25. The van der Waals surface area contributed by atoms with Crippen LogP contribution in [-0.2, 0) is 19.4 Å². The summed E-state index contributed by atoms with van der Waals surface area (Å²) in [7, 11) is 0. The van der Waals surface area contributed by atoms with Crippen molar-refractivity contribution in [2.45, 2.75) is 89.0 Å². The second kappa shape index (κ2) is 7.15. The Morgan fingerprint density at radius 1 is 1.00 bits per heavy atom. The zero-order chi connectivity index (χ0) is 20.2. The van der Waals surface area contributed by atoms with Crippen molar-refractivity contribution in [1.82, 2.24) is 19.7 Å². The first-order valence-corrected chi connectivity index (χ1v) is 10.9. The van der Waals surface area contributed by atoms with Gasteiger partial charge in [-0.2, -0.15) is 18.3 Å². The van der Waals surface area contributed by atoms with Gasteiger partial charge >= 0.3 is 6.18 Å². The quantitative estimate of drug-likeness (QED) is 0.826. The summed E-state index contributed by atoms with van der Waals surface area (Å²) in [5.74, 6) is 0. The topological polar surface area (TPSA) is 53.9 Å². The number of alkyl halides is 3. The fourth-order valence-corrected chi connectivity index (χ4v) is 5.79. The van der Waals surface area contributed by atoms with Gasteiger partial charge in [0.2, 0.25) is 0 Å². The summed E-state index contributed by atoms with van der Waals surface area (Å²) in [5.41, 5.74) is 2.45. The molecule has 1 aliphatic heterocycles. The van der Waals surface area contributed by atoms with Crippen LogP contribution >= 0.6 is 0 Å². The summed E-state index contributed by atoms with van der Waals surface area (Å²) in [6.45, 7) is -0.192. The molecule has 0 amide bonds. The fourth-order valence-electron chi connectivity index (χ4n) is 5.79. The second-order valence-electron chi connectivity index (χ2n) is 8.83. The Labute approximate surface area is 167 Å². The lowest BCUT2D eigenvalue weighted by Gasteiger charge is -2.30. The maximum Gasteiger partial charge on any atom is 0.408 e. The Bertz CT molecular complexity index is 971. The summed E-state index contributed by atoms with van der Waals surface area (Å²) in [6.07, 6.45) is 5.70. The molecule has 158 valence electrons. The van der Waals surface area contributed by atoms with Crippen LogP contribution < -0.4 is 5.56 Å². The predicted molar refractivity (Wildman–Crippen MR) is 104 cm³/mol. The zero-order valence-corrected chi connectivity index (χ0v) is 16.5. The molecule has 3 heterocycles. The van der Waals surface area contributed by atoms with E-state index < -0.39 is 12.7 Å². The number of halogens is 3. The average molecular weight is 408 g/mol. The second-order valence-corrected chi connectivity index (χ2v) is 8.83. The highest BCUT2D eigenvalue weighted by Gasteiger charge is 2.38. The van der Waals surface area contributed by atoms with E-state index in [0.29, 0.717) is 12.5 Å². The van der Waals surface area contributed by atoms with E-state index in [2.05, 4.69) is 15.0 Å². The minimum atomic E-state index is -4.39. The summed E-state index contributed by atoms with van der Waals surface area (Å²) in [4.78, 5) is 17.9. The summed E-state index contributed by atoms with van der Waals surface area (Å²) < 4.78 is 40.8. The molecule has 1 saturated carbocycles. The first-order valence-electron chi connectivity index (χ1n) is 10.9. The molecular weight excluding hydrogens is 381 g/mol. The van der Waals surface area contributed by atoms with Crippen LogP contribution in [-0.4, -0.2) is 38.4 Å². The summed E-state index contributed by atoms with van der Waals surface area (Å²) in [5, 5.41) is 5.30. The van der Waals surface area contributed by atoms with Crippen LogP contribution in [0.2, 0.25) is 0 Å². The Kier molecular flexibility index (Phi) is 4.72. The summed E-state index contributed by atoms with van der Waals surface area (Å²) in [6, 6.07) is 0.552. The first kappa shape index (κ1) is 19.2. The molecule has 3 aliphatic rings. The molecule has 2 fully saturated rings. The van der Waals surface area contributed by atoms with Gasteiger partial charge < -0.3 is 4.98 Å². The van der Waals surface area contributed by atoms with E-state index in [1.54, 1.807) is 0 Å². The Morgan fingerprint density at radius 3 is 2.45 bits per heavy atom. The van der Waals surface area contributed by atoms with Gasteiger partial charge in [0.1, 0.15) is 12.2 Å². The van der Waals surface area contributed by atoms with Gasteiger partial charge in [-0.15, -0.1) is 0 Å². The first-order chi connectivity index (χ1) is 13.9. The van der Waals surface area contributed by atoms with E-state index in [4.69, 9.17) is 0 Å². The van der Waals surface area contributed by atoms with Crippen molar-refractivity contribution < 1.29 is 13.2 Å². The number of hydrogen-bond donors (Lipinski definition) is 1. The SMILES string of the molecule is O=c1[nH]c2c(c([C@H]3CCCN3C3CCCC3)nn2CC(F)(F)F)c2c1CCCC2. The fraction of sp³-hybridized carbons (Fsp3) is 0.714. The molecule has 29 heavy (non-hydrogen) atoms. The molecule has 5 rings (SSSR count). The van der Waals surface area contributed by atoms with Crippen LogP contribution in [0, 0.1) is 0 Å². The number of nitrogens with one attached hydrogen (secondary N) is 1. The van der Waals surface area contributed by atoms with E-state index in [1.807, 2.05) is 0 Å². The molecule has 0 aromatic carbocycles. The van der Waals surface area contributed by atoms with Gasteiger partial charge in [-0.25, -0.2) is 4.68 Å². The van der Waals surface area contributed by atoms with Crippen LogP contribution in [0.5, 0.6) is 0 Å². The monoisotopic (exact) mass is 408 g/mol. The Balaban J connectivity index is 1.68. The number of rotatable bonds is 3. The van der Waals surface area contributed by atoms with Gasteiger partial charge in [-0.1, -0.05) is 12.8 Å². The molecule has 5 nitrogen and oxygen atoms in total. The molecule has 8 heteroatoms. The third-order valence-corrected chi connectivity index (χ3v) is 6.99. The maximum atomic E-state index is 13.3. The van der Waals surface area contributed by atoms with E-state index in [0.717, 1.165) is 78.4 Å². The molecular formula is C21H27F3N4O. The lowest BCUT2D eigenvalue weighted by atomic mass is 9.89. The number of aryl methyl sites for hydroxylation is 1. The van der Waals surface area contributed by atoms with Crippen LogP contribution in [0.15, 0.2) is 4.79 Å². The van der Waals surface area contributed by atoms with Crippen LogP contribution in [0.3, 0.4) is 0 Å². The van der Waals surface area contributed by atoms with Crippen molar-refractivity contribution in [2.24, 2.45) is 0 Å². The number of pyridine rings is 1. The van der Waals surface area contributed by atoms with Crippen molar-refractivity contribution in [3.05, 3.63) is 27.2 Å². The van der Waals surface area contributed by atoms with Crippen molar-refractivity contribution >= 4 is 11.0 Å². The molecule has 1 N–H and O–H groups in total. The smallest absolute Gasteiger partial charge is 0.307 e. The lowest BCUT2D eigenvalue weighted by Crippen LogP contribution is -2.33. The summed E-state index contributed by atoms with van der Waals surface area (Å²) >= 11 is 0. The number of nitrogens with zero attached hydrogens (tertiary/aromatic N) is 3. The van der Waals surface area contributed by atoms with Crippen LogP contribution in [0.25, 0.3) is 11.0 Å². The van der Waals surface area contributed by atoms with Crippen molar-refractivity contribution in [2.75, 3.05) is 6.54 Å². The zero-order valence-electron chi connectivity index (χ0n) is 16.5. The standard InChI is InChI=1S/C21H27F3N4O/c22-21(23,24)12-28-19-17(14-8-3-4-9-15(14)20(29)25-19)18(26-28)16-10-5-11-27(16)13-6-1-2-7-13/h13,16H,1-12H2,(H,25,29)/t16-/m1/s1. The molecule has 0 radical (unpaired) electrons. The van der Waals surface area contributed by atoms with Gasteiger partial charge in [-0.3, -0.25) is 9.69 Å². The molecule has 0 spiro atoms. The number of H-pyrrole nitrogens is 1. The van der Waals surface area contributed by atoms with Gasteiger partial charge in [-0.05, 0) is 63.5 Å². The van der Waals surface area contributed by atoms with Crippen molar-refractivity contribution in [1.29, 1.82) is 0 Å². The number of aromatic amines is 1. The number of aromatic nitrogens is 3. The van der Waals surface area contributed by atoms with Crippen LogP contribution in [0.4, 0.5) is 13.2 Å². The molecule has 0 unspecified atom stereocenters. The molecule has 2 aliphatic carbocycles. The van der Waals surface area contributed by atoms with Gasteiger partial charge in [0.15, 0.2) is 0 Å². The minimum absolute atomic E-state index is 0.0482. The van der Waals surface area contributed by atoms with Gasteiger partial charge in [0.25, 0.3) is 5.56 Å². The molecule has 1 saturated heterocycles. The highest BCUT2D eigenvalue weighted by Crippen LogP contribution is 2.41. The normalized spacial score (nSPS) is 23.9. The molecule has 1 atom stereocenters. The third-order valence-electron chi connectivity index (χ3n) is 6.99. The van der Waals surface area contributed by atoms with E-state index >= 15 is 0 Å². The van der Waals surface area contributed by atoms with Gasteiger partial charge in [0.05, 0.1) is 11.7 Å². The molecule has 2 aromatic rings. The van der Waals surface area contributed by atoms with E-state index in [1.165, 1.54) is 12.8 Å². The number of hydrogen-bond acceptors (Lipinski definition) is 3. The lowest BCUT2D eigenvalue weighted by molar-refractivity contribution is -0.142. The van der Waals surface area contributed by atoms with Gasteiger partial charge in [0, 0.05) is 17.0 Å².